The molecule has 0 aliphatic carbocycles. The Kier molecular flexibility index (Phi) is 5.01. The Balaban J connectivity index is 2.03. The molecular formula is C19H22N4O3S. The van der Waals surface area contributed by atoms with Gasteiger partial charge in [0.2, 0.25) is 11.8 Å². The van der Waals surface area contributed by atoms with Crippen LogP contribution in [0.3, 0.4) is 0 Å². The lowest BCUT2D eigenvalue weighted by Gasteiger charge is -2.21. The molecule has 142 valence electrons. The van der Waals surface area contributed by atoms with E-state index in [0.717, 1.165) is 5.56 Å². The van der Waals surface area contributed by atoms with Gasteiger partial charge in [-0.05, 0) is 29.3 Å². The number of rotatable bonds is 3. The summed E-state index contributed by atoms with van der Waals surface area (Å²) in [5.41, 5.74) is 2.00. The maximum Gasteiger partial charge on any atom is 0.264 e. The first kappa shape index (κ1) is 19.0. The van der Waals surface area contributed by atoms with Crippen molar-refractivity contribution in [3.8, 4) is 5.88 Å². The van der Waals surface area contributed by atoms with E-state index >= 15 is 0 Å². The number of carbonyl (C=O) groups is 1. The molecule has 0 saturated carbocycles. The summed E-state index contributed by atoms with van der Waals surface area (Å²) in [4.78, 5) is 27.0. The van der Waals surface area contributed by atoms with Crippen LogP contribution < -0.4 is 5.56 Å². The maximum atomic E-state index is 12.4. The van der Waals surface area contributed by atoms with E-state index in [9.17, 15) is 14.7 Å². The molecule has 2 heterocycles. The number of nitrogens with zero attached hydrogens (tertiary/aromatic N) is 3. The second kappa shape index (κ2) is 7.11. The number of hydrazone groups is 1. The Labute approximate surface area is 162 Å². The third-order valence-electron chi connectivity index (χ3n) is 4.80. The van der Waals surface area contributed by atoms with E-state index in [0.29, 0.717) is 18.1 Å². The minimum absolute atomic E-state index is 0.0404. The van der Waals surface area contributed by atoms with Gasteiger partial charge in [0.15, 0.2) is 4.77 Å². The summed E-state index contributed by atoms with van der Waals surface area (Å²) >= 11 is 5.00. The van der Waals surface area contributed by atoms with Gasteiger partial charge in [-0.15, -0.1) is 0 Å². The summed E-state index contributed by atoms with van der Waals surface area (Å²) in [5.74, 6) is -0.0873. The fourth-order valence-corrected chi connectivity index (χ4v) is 3.36. The van der Waals surface area contributed by atoms with E-state index in [1.54, 1.807) is 7.05 Å². The summed E-state index contributed by atoms with van der Waals surface area (Å²) in [6.45, 7) is 5.66. The molecule has 3 rings (SSSR count). The molecular weight excluding hydrogens is 364 g/mol. The minimum atomic E-state index is -0.520. The Morgan fingerprint density at radius 3 is 2.52 bits per heavy atom. The number of nitrogens with one attached hydrogen (secondary N) is 1. The predicted octanol–water partition coefficient (Wildman–Crippen LogP) is 2.97. The van der Waals surface area contributed by atoms with Gasteiger partial charge in [-0.25, -0.2) is 5.01 Å². The molecule has 1 aliphatic heterocycles. The van der Waals surface area contributed by atoms with Crippen LogP contribution >= 0.6 is 12.2 Å². The summed E-state index contributed by atoms with van der Waals surface area (Å²) in [7, 11) is 1.55. The zero-order valence-electron chi connectivity index (χ0n) is 15.7. The van der Waals surface area contributed by atoms with E-state index in [2.05, 4.69) is 23.9 Å². The number of hydrogen-bond donors (Lipinski definition) is 2. The molecule has 0 spiro atoms. The third-order valence-corrected chi connectivity index (χ3v) is 5.18. The average Bonchev–Trinajstić information content (AvgIpc) is 3.05. The molecule has 0 bridgehead atoms. The lowest BCUT2D eigenvalue weighted by atomic mass is 9.96. The fraction of sp³-hybridized carbons (Fsp3) is 0.368. The van der Waals surface area contributed by atoms with Crippen LogP contribution in [0.5, 0.6) is 5.88 Å². The summed E-state index contributed by atoms with van der Waals surface area (Å²) in [6, 6.07) is 7.69. The van der Waals surface area contributed by atoms with Crippen LogP contribution in [-0.2, 0) is 11.8 Å². The summed E-state index contributed by atoms with van der Waals surface area (Å²) in [5, 5.41) is 16.1. The highest BCUT2D eigenvalue weighted by atomic mass is 32.1. The maximum absolute atomic E-state index is 12.4. The van der Waals surface area contributed by atoms with Gasteiger partial charge in [-0.1, -0.05) is 38.1 Å². The van der Waals surface area contributed by atoms with Crippen LogP contribution in [0.15, 0.2) is 34.2 Å². The van der Waals surface area contributed by atoms with Gasteiger partial charge in [-0.3, -0.25) is 19.1 Å². The normalized spacial score (nSPS) is 16.7. The lowest BCUT2D eigenvalue weighted by Crippen LogP contribution is -2.24. The molecule has 0 radical (unpaired) electrons. The highest BCUT2D eigenvalue weighted by molar-refractivity contribution is 7.71. The van der Waals surface area contributed by atoms with Crippen molar-refractivity contribution in [2.24, 2.45) is 12.1 Å². The predicted molar refractivity (Wildman–Crippen MR) is 105 cm³/mol. The second-order valence-corrected chi connectivity index (χ2v) is 7.36. The number of amides is 1. The fourth-order valence-electron chi connectivity index (χ4n) is 3.18. The van der Waals surface area contributed by atoms with E-state index in [1.807, 2.05) is 24.3 Å². The number of aromatic hydroxyl groups is 1. The summed E-state index contributed by atoms with van der Waals surface area (Å²) < 4.78 is 1.42. The van der Waals surface area contributed by atoms with Crippen molar-refractivity contribution in [2.45, 2.75) is 39.2 Å². The van der Waals surface area contributed by atoms with Crippen LogP contribution in [-0.4, -0.2) is 31.3 Å². The number of benzene rings is 1. The quantitative estimate of drug-likeness (QED) is 0.794. The Hall–Kier alpha value is -2.74. The molecule has 1 aromatic heterocycles. The van der Waals surface area contributed by atoms with Gasteiger partial charge in [0.1, 0.15) is 5.56 Å². The van der Waals surface area contributed by atoms with E-state index in [-0.39, 0.29) is 28.2 Å². The van der Waals surface area contributed by atoms with Crippen LogP contribution in [0, 0.1) is 4.77 Å². The second-order valence-electron chi connectivity index (χ2n) is 6.97. The van der Waals surface area contributed by atoms with Crippen LogP contribution in [0.2, 0.25) is 0 Å². The average molecular weight is 386 g/mol. The Bertz CT molecular complexity index is 1030. The van der Waals surface area contributed by atoms with Crippen LogP contribution in [0.25, 0.3) is 0 Å². The smallest absolute Gasteiger partial charge is 0.264 e. The standard InChI is InChI=1S/C19H22N4O3S/c1-10(2)12-5-7-13(8-6-12)15-9-14(21-23(15)11(3)24)16-17(25)20-19(27)22(4)18(16)26/h5-8,10,15,26H,9H2,1-4H3,(H,20,25,27). The van der Waals surface area contributed by atoms with E-state index < -0.39 is 5.56 Å². The molecule has 7 nitrogen and oxygen atoms in total. The first-order valence-electron chi connectivity index (χ1n) is 8.70. The molecule has 1 aromatic carbocycles. The van der Waals surface area contributed by atoms with Crippen molar-refractivity contribution in [1.29, 1.82) is 0 Å². The summed E-state index contributed by atoms with van der Waals surface area (Å²) in [6.07, 6.45) is 0.327. The van der Waals surface area contributed by atoms with Crippen LogP contribution in [0.4, 0.5) is 0 Å². The largest absolute Gasteiger partial charge is 0.494 e. The van der Waals surface area contributed by atoms with Crippen molar-refractivity contribution in [3.63, 3.8) is 0 Å². The van der Waals surface area contributed by atoms with Gasteiger partial charge in [-0.2, -0.15) is 5.10 Å². The van der Waals surface area contributed by atoms with E-state index in [4.69, 9.17) is 12.2 Å². The van der Waals surface area contributed by atoms with Crippen LogP contribution in [0.1, 0.15) is 55.8 Å². The van der Waals surface area contributed by atoms with E-state index in [1.165, 1.54) is 22.1 Å². The molecule has 2 aromatic rings. The molecule has 8 heteroatoms. The molecule has 27 heavy (non-hydrogen) atoms. The van der Waals surface area contributed by atoms with Gasteiger partial charge in [0.05, 0.1) is 11.8 Å². The monoisotopic (exact) mass is 386 g/mol. The third kappa shape index (κ3) is 3.44. The van der Waals surface area contributed by atoms with Gasteiger partial charge < -0.3 is 5.11 Å². The lowest BCUT2D eigenvalue weighted by molar-refractivity contribution is -0.130. The molecule has 1 amide bonds. The first-order chi connectivity index (χ1) is 12.7. The van der Waals surface area contributed by atoms with Crippen molar-refractivity contribution < 1.29 is 9.90 Å². The molecule has 1 atom stereocenters. The first-order valence-corrected chi connectivity index (χ1v) is 9.11. The Morgan fingerprint density at radius 1 is 1.33 bits per heavy atom. The van der Waals surface area contributed by atoms with Gasteiger partial charge in [0, 0.05) is 20.4 Å². The zero-order valence-corrected chi connectivity index (χ0v) is 16.5. The molecule has 0 saturated heterocycles. The topological polar surface area (TPSA) is 90.7 Å². The zero-order chi connectivity index (χ0) is 19.9. The molecule has 1 aliphatic rings. The number of carbonyl (C=O) groups excluding carboxylic acids is 1. The Morgan fingerprint density at radius 2 is 1.96 bits per heavy atom. The van der Waals surface area contributed by atoms with Crippen molar-refractivity contribution in [3.05, 3.63) is 56.1 Å². The number of hydrogen-bond acceptors (Lipinski definition) is 5. The number of H-pyrrole nitrogens is 1. The van der Waals surface area contributed by atoms with Gasteiger partial charge in [0.25, 0.3) is 5.56 Å². The number of aromatic amines is 1. The van der Waals surface area contributed by atoms with Crippen molar-refractivity contribution in [2.75, 3.05) is 0 Å². The highest BCUT2D eigenvalue weighted by Gasteiger charge is 2.34. The number of aromatic nitrogens is 2. The van der Waals surface area contributed by atoms with Gasteiger partial charge >= 0.3 is 0 Å². The molecule has 1 unspecified atom stereocenters. The highest BCUT2D eigenvalue weighted by Crippen LogP contribution is 2.34. The molecule has 0 fully saturated rings. The SMILES string of the molecule is CC(=O)N1N=C(c2c(O)n(C)c(=S)[nH]c2=O)CC1c1ccc(C(C)C)cc1. The van der Waals surface area contributed by atoms with Crippen molar-refractivity contribution >= 4 is 23.8 Å². The molecule has 2 N–H and O–H groups in total. The minimum Gasteiger partial charge on any atom is -0.494 e. The van der Waals surface area contributed by atoms with Crippen molar-refractivity contribution in [1.82, 2.24) is 14.6 Å².